The van der Waals surface area contributed by atoms with E-state index in [2.05, 4.69) is 4.99 Å². The number of carbonyl (C=O) groups is 1. The van der Waals surface area contributed by atoms with Crippen LogP contribution in [0.1, 0.15) is 15.9 Å². The highest BCUT2D eigenvalue weighted by Crippen LogP contribution is 2.32. The predicted octanol–water partition coefficient (Wildman–Crippen LogP) is 3.41. The molecule has 0 radical (unpaired) electrons. The van der Waals surface area contributed by atoms with E-state index in [0.29, 0.717) is 15.6 Å². The van der Waals surface area contributed by atoms with Crippen molar-refractivity contribution in [2.75, 3.05) is 6.54 Å². The number of hydrogen-bond donors (Lipinski definition) is 3. The summed E-state index contributed by atoms with van der Waals surface area (Å²) in [6, 6.07) is 6.72. The summed E-state index contributed by atoms with van der Waals surface area (Å²) in [5.74, 6) is -1.95. The van der Waals surface area contributed by atoms with Crippen LogP contribution in [0.3, 0.4) is 0 Å². The van der Waals surface area contributed by atoms with E-state index in [-0.39, 0.29) is 12.1 Å². The minimum atomic E-state index is -0.519. The number of ketones is 1. The number of carbonyl (C=O) groups excluding carboxylic acids is 1. The maximum absolute atomic E-state index is 11.9. The van der Waals surface area contributed by atoms with Gasteiger partial charge in [-0.05, 0) is 18.2 Å². The molecule has 0 aliphatic rings. The van der Waals surface area contributed by atoms with Crippen LogP contribution in [0.4, 0.5) is 0 Å². The number of rotatable bonds is 4. The topological polar surface area (TPSA) is 90.1 Å². The Morgan fingerprint density at radius 3 is 2.41 bits per heavy atom. The van der Waals surface area contributed by atoms with Crippen molar-refractivity contribution in [3.05, 3.63) is 51.5 Å². The minimum Gasteiger partial charge on any atom is -0.507 e. The van der Waals surface area contributed by atoms with Gasteiger partial charge in [-0.2, -0.15) is 0 Å². The lowest BCUT2D eigenvalue weighted by Crippen LogP contribution is -2.04. The number of halogens is 2. The zero-order valence-electron chi connectivity index (χ0n) is 11.1. The van der Waals surface area contributed by atoms with Crippen LogP contribution in [0.25, 0.3) is 0 Å². The van der Waals surface area contributed by atoms with Gasteiger partial charge in [0, 0.05) is 22.9 Å². The smallest absolute Gasteiger partial charge is 0.188 e. The van der Waals surface area contributed by atoms with Gasteiger partial charge in [0.15, 0.2) is 17.3 Å². The molecule has 0 aliphatic heterocycles. The molecule has 0 heterocycles. The summed E-state index contributed by atoms with van der Waals surface area (Å²) in [5, 5.41) is 29.0. The third-order valence-corrected chi connectivity index (χ3v) is 3.38. The summed E-state index contributed by atoms with van der Waals surface area (Å²) >= 11 is 11.7. The fourth-order valence-corrected chi connectivity index (χ4v) is 2.16. The van der Waals surface area contributed by atoms with E-state index in [9.17, 15) is 20.1 Å². The van der Waals surface area contributed by atoms with Crippen molar-refractivity contribution < 1.29 is 20.1 Å². The molecular formula is C15H11Cl2NO4. The Kier molecular flexibility index (Phi) is 4.90. The van der Waals surface area contributed by atoms with Gasteiger partial charge in [-0.1, -0.05) is 29.3 Å². The highest BCUT2D eigenvalue weighted by molar-refractivity contribution is 6.36. The Bertz CT molecular complexity index is 759. The van der Waals surface area contributed by atoms with E-state index in [1.54, 1.807) is 18.2 Å². The first-order chi connectivity index (χ1) is 10.4. The van der Waals surface area contributed by atoms with Crippen molar-refractivity contribution in [3.63, 3.8) is 0 Å². The van der Waals surface area contributed by atoms with E-state index in [1.807, 2.05) is 0 Å². The Balaban J connectivity index is 2.13. The summed E-state index contributed by atoms with van der Waals surface area (Å²) < 4.78 is 0. The Morgan fingerprint density at radius 2 is 1.73 bits per heavy atom. The fourth-order valence-electron chi connectivity index (χ4n) is 1.71. The number of phenols is 3. The largest absolute Gasteiger partial charge is 0.507 e. The molecule has 0 saturated carbocycles. The number of phenolic OH excluding ortho intramolecular Hbond substituents is 3. The summed E-state index contributed by atoms with van der Waals surface area (Å²) in [5.41, 5.74) is 0.464. The second-order valence-electron chi connectivity index (χ2n) is 4.42. The highest BCUT2D eigenvalue weighted by atomic mass is 35.5. The molecule has 0 unspecified atom stereocenters. The van der Waals surface area contributed by atoms with Crippen LogP contribution >= 0.6 is 23.2 Å². The molecule has 0 amide bonds. The lowest BCUT2D eigenvalue weighted by Gasteiger charge is -2.04. The number of aliphatic imine (C=N–C) groups is 1. The second-order valence-corrected chi connectivity index (χ2v) is 5.26. The van der Waals surface area contributed by atoms with Gasteiger partial charge in [0.2, 0.25) is 0 Å². The van der Waals surface area contributed by atoms with Crippen molar-refractivity contribution in [2.24, 2.45) is 4.99 Å². The first-order valence-corrected chi connectivity index (χ1v) is 6.87. The molecule has 2 rings (SSSR count). The zero-order valence-corrected chi connectivity index (χ0v) is 12.6. The quantitative estimate of drug-likeness (QED) is 0.344. The van der Waals surface area contributed by atoms with Crippen molar-refractivity contribution in [1.29, 1.82) is 0 Å². The Hall–Kier alpha value is -2.24. The van der Waals surface area contributed by atoms with Gasteiger partial charge in [-0.25, -0.2) is 0 Å². The molecule has 114 valence electrons. The number of hydrogen-bond acceptors (Lipinski definition) is 5. The molecule has 0 spiro atoms. The van der Waals surface area contributed by atoms with Gasteiger partial charge in [-0.3, -0.25) is 9.79 Å². The van der Waals surface area contributed by atoms with Crippen molar-refractivity contribution >= 4 is 35.2 Å². The molecular weight excluding hydrogens is 329 g/mol. The standard InChI is InChI=1S/C15H11Cl2NO4/c16-9-2-1-8(11(17)3-9)6-18-7-15(22)10-4-13(20)14(21)5-12(10)19/h1-6,19-21H,7H2. The summed E-state index contributed by atoms with van der Waals surface area (Å²) in [6.07, 6.45) is 1.41. The van der Waals surface area contributed by atoms with Crippen LogP contribution < -0.4 is 0 Å². The van der Waals surface area contributed by atoms with Gasteiger partial charge in [0.1, 0.15) is 12.3 Å². The maximum Gasteiger partial charge on any atom is 0.188 e. The van der Waals surface area contributed by atoms with Crippen LogP contribution in [0.5, 0.6) is 17.2 Å². The predicted molar refractivity (Wildman–Crippen MR) is 84.7 cm³/mol. The van der Waals surface area contributed by atoms with E-state index in [0.717, 1.165) is 12.1 Å². The molecule has 2 aromatic rings. The molecule has 22 heavy (non-hydrogen) atoms. The molecule has 0 fully saturated rings. The lowest BCUT2D eigenvalue weighted by atomic mass is 10.1. The molecule has 0 aromatic heterocycles. The summed E-state index contributed by atoms with van der Waals surface area (Å²) in [4.78, 5) is 15.9. The summed E-state index contributed by atoms with van der Waals surface area (Å²) in [6.45, 7) is -0.253. The van der Waals surface area contributed by atoms with Crippen LogP contribution in [0.15, 0.2) is 35.3 Å². The molecule has 7 heteroatoms. The van der Waals surface area contributed by atoms with Crippen molar-refractivity contribution in [3.8, 4) is 17.2 Å². The third kappa shape index (κ3) is 3.69. The zero-order chi connectivity index (χ0) is 16.3. The maximum atomic E-state index is 11.9. The fraction of sp³-hybridized carbons (Fsp3) is 0.0667. The van der Waals surface area contributed by atoms with Crippen LogP contribution in [-0.4, -0.2) is 33.9 Å². The van der Waals surface area contributed by atoms with Crippen molar-refractivity contribution in [1.82, 2.24) is 0 Å². The van der Waals surface area contributed by atoms with E-state index in [1.165, 1.54) is 6.21 Å². The van der Waals surface area contributed by atoms with Crippen LogP contribution in [0, 0.1) is 0 Å². The second kappa shape index (κ2) is 6.68. The normalized spacial score (nSPS) is 11.0. The van der Waals surface area contributed by atoms with Gasteiger partial charge in [0.25, 0.3) is 0 Å². The third-order valence-electron chi connectivity index (χ3n) is 2.82. The Morgan fingerprint density at radius 1 is 1.05 bits per heavy atom. The minimum absolute atomic E-state index is 0.130. The van der Waals surface area contributed by atoms with Crippen LogP contribution in [0.2, 0.25) is 10.0 Å². The van der Waals surface area contributed by atoms with Crippen molar-refractivity contribution in [2.45, 2.75) is 0 Å². The number of nitrogens with zero attached hydrogens (tertiary/aromatic N) is 1. The van der Waals surface area contributed by atoms with Gasteiger partial charge in [0.05, 0.1) is 10.6 Å². The SMILES string of the molecule is O=C(CN=Cc1ccc(Cl)cc1Cl)c1cc(O)c(O)cc1O. The molecule has 0 aliphatic carbocycles. The van der Waals surface area contributed by atoms with Gasteiger partial charge in [-0.15, -0.1) is 0 Å². The Labute approximate surface area is 136 Å². The average Bonchev–Trinajstić information content (AvgIpc) is 2.45. The molecule has 5 nitrogen and oxygen atoms in total. The lowest BCUT2D eigenvalue weighted by molar-refractivity contribution is 0.0999. The monoisotopic (exact) mass is 339 g/mol. The number of aromatic hydroxyl groups is 3. The average molecular weight is 340 g/mol. The first kappa shape index (κ1) is 16.1. The van der Waals surface area contributed by atoms with E-state index < -0.39 is 23.0 Å². The number of benzene rings is 2. The number of Topliss-reactive ketones (excluding diaryl/α,β-unsaturated/α-hetero) is 1. The van der Waals surface area contributed by atoms with E-state index >= 15 is 0 Å². The molecule has 3 N–H and O–H groups in total. The van der Waals surface area contributed by atoms with Crippen LogP contribution in [-0.2, 0) is 0 Å². The molecule has 0 saturated heterocycles. The molecule has 0 atom stereocenters. The summed E-state index contributed by atoms with van der Waals surface area (Å²) in [7, 11) is 0. The molecule has 0 bridgehead atoms. The molecule has 2 aromatic carbocycles. The highest BCUT2D eigenvalue weighted by Gasteiger charge is 2.14. The van der Waals surface area contributed by atoms with E-state index in [4.69, 9.17) is 23.2 Å². The first-order valence-electron chi connectivity index (χ1n) is 6.11. The van der Waals surface area contributed by atoms with Gasteiger partial charge >= 0.3 is 0 Å². The van der Waals surface area contributed by atoms with Gasteiger partial charge < -0.3 is 15.3 Å².